The van der Waals surface area contributed by atoms with Crippen LogP contribution in [0.4, 0.5) is 11.4 Å². The minimum Gasteiger partial charge on any atom is -0.492 e. The molecule has 1 aliphatic rings. The molecule has 4 aromatic rings. The van der Waals surface area contributed by atoms with Crippen molar-refractivity contribution in [2.45, 2.75) is 45.7 Å². The van der Waals surface area contributed by atoms with Gasteiger partial charge in [0.05, 0.1) is 36.7 Å². The van der Waals surface area contributed by atoms with Gasteiger partial charge in [-0.15, -0.1) is 0 Å². The maximum Gasteiger partial charge on any atom is 0.432 e. The van der Waals surface area contributed by atoms with Gasteiger partial charge in [-0.1, -0.05) is 12.1 Å². The quantitative estimate of drug-likeness (QED) is 0.221. The van der Waals surface area contributed by atoms with Crippen LogP contribution in [0.5, 0.6) is 5.75 Å². The van der Waals surface area contributed by atoms with Gasteiger partial charge in [-0.05, 0) is 63.4 Å². The summed E-state index contributed by atoms with van der Waals surface area (Å²) in [7, 11) is -3.42. The Morgan fingerprint density at radius 1 is 1.11 bits per heavy atom. The van der Waals surface area contributed by atoms with E-state index in [2.05, 4.69) is 25.8 Å². The second kappa shape index (κ2) is 11.0. The normalized spacial score (nSPS) is 14.1. The molecule has 0 spiro atoms. The first kappa shape index (κ1) is 25.3. The van der Waals surface area contributed by atoms with Crippen LogP contribution in [0.1, 0.15) is 39.2 Å². The van der Waals surface area contributed by atoms with E-state index in [0.29, 0.717) is 24.9 Å². The SMILES string of the molecule is CCOP(=O)(Nc1ccc(-c2c(N)c3cc(OCCn4cncn4)ccc3n2C2CCC2)cc1)OCC. The van der Waals surface area contributed by atoms with Crippen molar-refractivity contribution < 1.29 is 18.3 Å². The summed E-state index contributed by atoms with van der Waals surface area (Å²) in [6.07, 6.45) is 6.63. The number of aromatic nitrogens is 4. The molecule has 5 rings (SSSR count). The highest BCUT2D eigenvalue weighted by molar-refractivity contribution is 7.55. The first-order chi connectivity index (χ1) is 18.0. The standard InChI is InChI=1S/C26H33N6O4P/c1-3-35-37(33,36-4-2)30-20-10-8-19(9-11-20)26-25(27)23-16-22(34-15-14-31-18-28-17-29-31)12-13-24(23)32(26)21-6-5-7-21/h8-13,16-18,21H,3-7,14-15,27H2,1-2H3,(H,30,33). The third-order valence-electron chi connectivity index (χ3n) is 6.53. The molecule has 1 fully saturated rings. The number of anilines is 2. The Labute approximate surface area is 216 Å². The van der Waals surface area contributed by atoms with Crippen molar-refractivity contribution in [1.29, 1.82) is 0 Å². The van der Waals surface area contributed by atoms with Gasteiger partial charge in [0, 0.05) is 22.7 Å². The van der Waals surface area contributed by atoms with Crippen molar-refractivity contribution in [2.75, 3.05) is 30.6 Å². The number of hydrogen-bond donors (Lipinski definition) is 2. The van der Waals surface area contributed by atoms with Crippen LogP contribution in [-0.2, 0) is 20.2 Å². The van der Waals surface area contributed by atoms with E-state index in [4.69, 9.17) is 19.5 Å². The van der Waals surface area contributed by atoms with Crippen LogP contribution in [0.25, 0.3) is 22.2 Å². The van der Waals surface area contributed by atoms with Crippen LogP contribution in [0.3, 0.4) is 0 Å². The maximum atomic E-state index is 12.9. The van der Waals surface area contributed by atoms with Crippen molar-refractivity contribution in [3.8, 4) is 17.0 Å². The lowest BCUT2D eigenvalue weighted by Gasteiger charge is -2.30. The van der Waals surface area contributed by atoms with Crippen molar-refractivity contribution >= 4 is 30.0 Å². The summed E-state index contributed by atoms with van der Waals surface area (Å²) in [5.74, 6) is 0.763. The summed E-state index contributed by atoms with van der Waals surface area (Å²) in [6, 6.07) is 14.2. The molecule has 37 heavy (non-hydrogen) atoms. The molecule has 0 bridgehead atoms. The van der Waals surface area contributed by atoms with Crippen LogP contribution in [0.15, 0.2) is 55.1 Å². The molecule has 0 amide bonds. The van der Waals surface area contributed by atoms with Crippen LogP contribution in [0.2, 0.25) is 0 Å². The number of ether oxygens (including phenoxy) is 1. The van der Waals surface area contributed by atoms with E-state index in [1.165, 1.54) is 12.7 Å². The Balaban J connectivity index is 1.43. The van der Waals surface area contributed by atoms with Crippen molar-refractivity contribution in [3.05, 3.63) is 55.1 Å². The number of nitrogens with two attached hydrogens (primary N) is 1. The van der Waals surface area contributed by atoms with Gasteiger partial charge in [0.15, 0.2) is 0 Å². The topological polar surface area (TPSA) is 118 Å². The Morgan fingerprint density at radius 2 is 1.86 bits per heavy atom. The average molecular weight is 525 g/mol. The summed E-state index contributed by atoms with van der Waals surface area (Å²) in [6.45, 7) is 5.23. The molecule has 10 nitrogen and oxygen atoms in total. The van der Waals surface area contributed by atoms with Crippen LogP contribution >= 0.6 is 7.75 Å². The lowest BCUT2D eigenvalue weighted by molar-refractivity contribution is 0.225. The van der Waals surface area contributed by atoms with Gasteiger partial charge in [0.25, 0.3) is 0 Å². The highest BCUT2D eigenvalue weighted by atomic mass is 31.2. The molecular formula is C26H33N6O4P. The Kier molecular flexibility index (Phi) is 7.50. The van der Waals surface area contributed by atoms with E-state index in [9.17, 15) is 4.57 Å². The van der Waals surface area contributed by atoms with E-state index < -0.39 is 7.75 Å². The van der Waals surface area contributed by atoms with E-state index in [-0.39, 0.29) is 13.2 Å². The van der Waals surface area contributed by atoms with Crippen molar-refractivity contribution in [1.82, 2.24) is 19.3 Å². The molecular weight excluding hydrogens is 491 g/mol. The van der Waals surface area contributed by atoms with Crippen molar-refractivity contribution in [2.24, 2.45) is 0 Å². The third kappa shape index (κ3) is 5.37. The number of fused-ring (bicyclic) bond motifs is 1. The minimum absolute atomic E-state index is 0.284. The molecule has 0 saturated heterocycles. The van der Waals surface area contributed by atoms with Gasteiger partial charge in [-0.25, -0.2) is 14.2 Å². The Hall–Kier alpha value is -3.33. The molecule has 2 aromatic heterocycles. The molecule has 196 valence electrons. The van der Waals surface area contributed by atoms with Crippen LogP contribution < -0.4 is 15.6 Å². The number of nitrogens with one attached hydrogen (secondary N) is 1. The Morgan fingerprint density at radius 3 is 2.49 bits per heavy atom. The second-order valence-electron chi connectivity index (χ2n) is 8.93. The van der Waals surface area contributed by atoms with E-state index in [1.54, 1.807) is 24.9 Å². The molecule has 0 radical (unpaired) electrons. The lowest BCUT2D eigenvalue weighted by atomic mass is 9.92. The molecule has 1 saturated carbocycles. The molecule has 0 atom stereocenters. The van der Waals surface area contributed by atoms with Crippen LogP contribution in [0, 0.1) is 0 Å². The molecule has 3 N–H and O–H groups in total. The second-order valence-corrected chi connectivity index (χ2v) is 10.7. The summed E-state index contributed by atoms with van der Waals surface area (Å²) < 4.78 is 33.7. The number of benzene rings is 2. The largest absolute Gasteiger partial charge is 0.492 e. The van der Waals surface area contributed by atoms with E-state index in [1.807, 2.05) is 36.4 Å². The molecule has 0 unspecified atom stereocenters. The number of nitrogens with zero attached hydrogens (tertiary/aromatic N) is 4. The van der Waals surface area contributed by atoms with Gasteiger partial charge < -0.3 is 15.0 Å². The molecule has 11 heteroatoms. The average Bonchev–Trinajstić information content (AvgIpc) is 3.46. The molecule has 1 aliphatic carbocycles. The zero-order valence-corrected chi connectivity index (χ0v) is 22.1. The fraction of sp³-hybridized carbons (Fsp3) is 0.385. The van der Waals surface area contributed by atoms with Gasteiger partial charge in [-0.3, -0.25) is 14.1 Å². The Bertz CT molecular complexity index is 1370. The third-order valence-corrected chi connectivity index (χ3v) is 8.26. The lowest BCUT2D eigenvalue weighted by Crippen LogP contribution is -2.17. The summed E-state index contributed by atoms with van der Waals surface area (Å²) in [5, 5.41) is 8.00. The highest BCUT2D eigenvalue weighted by Crippen LogP contribution is 2.48. The molecule has 2 aromatic carbocycles. The summed E-state index contributed by atoms with van der Waals surface area (Å²) in [4.78, 5) is 3.96. The number of rotatable bonds is 12. The van der Waals surface area contributed by atoms with Gasteiger partial charge in [0.1, 0.15) is 25.0 Å². The maximum absolute atomic E-state index is 12.9. The molecule has 0 aliphatic heterocycles. The zero-order chi connectivity index (χ0) is 25.8. The predicted molar refractivity (Wildman–Crippen MR) is 145 cm³/mol. The summed E-state index contributed by atoms with van der Waals surface area (Å²) >= 11 is 0. The fourth-order valence-corrected chi connectivity index (χ4v) is 5.98. The van der Waals surface area contributed by atoms with Crippen molar-refractivity contribution in [3.63, 3.8) is 0 Å². The highest BCUT2D eigenvalue weighted by Gasteiger charge is 2.28. The van der Waals surface area contributed by atoms with Gasteiger partial charge in [-0.2, -0.15) is 5.10 Å². The predicted octanol–water partition coefficient (Wildman–Crippen LogP) is 5.88. The fourth-order valence-electron chi connectivity index (χ4n) is 4.63. The number of nitrogen functional groups attached to an aromatic ring is 1. The monoisotopic (exact) mass is 524 g/mol. The zero-order valence-electron chi connectivity index (χ0n) is 21.2. The van der Waals surface area contributed by atoms with Crippen LogP contribution in [-0.4, -0.2) is 39.2 Å². The van der Waals surface area contributed by atoms with E-state index >= 15 is 0 Å². The summed E-state index contributed by atoms with van der Waals surface area (Å²) in [5.41, 5.74) is 11.2. The van der Waals surface area contributed by atoms with Gasteiger partial charge >= 0.3 is 7.75 Å². The van der Waals surface area contributed by atoms with E-state index in [0.717, 1.165) is 46.4 Å². The molecule has 2 heterocycles. The number of hydrogen-bond acceptors (Lipinski definition) is 7. The van der Waals surface area contributed by atoms with Gasteiger partial charge in [0.2, 0.25) is 0 Å². The smallest absolute Gasteiger partial charge is 0.432 e. The first-order valence-corrected chi connectivity index (χ1v) is 14.2. The minimum atomic E-state index is -3.42. The first-order valence-electron chi connectivity index (χ1n) is 12.7.